The summed E-state index contributed by atoms with van der Waals surface area (Å²) in [5, 5.41) is 0. The first-order chi connectivity index (χ1) is 32.6. The van der Waals surface area contributed by atoms with Gasteiger partial charge in [0.1, 0.15) is 19.3 Å². The van der Waals surface area contributed by atoms with E-state index >= 15 is 0 Å². The topological polar surface area (TPSA) is 61.8 Å². The number of carbonyl (C=O) groups is 2. The Hall–Kier alpha value is -1.10. The van der Waals surface area contributed by atoms with Crippen LogP contribution in [0.3, 0.4) is 0 Å². The highest BCUT2D eigenvalue weighted by Crippen LogP contribution is 2.18. The van der Waals surface area contributed by atoms with Crippen LogP contribution < -0.4 is 0 Å². The highest BCUT2D eigenvalue weighted by atomic mass is 16.6. The van der Waals surface area contributed by atoms with E-state index in [9.17, 15) is 9.59 Å². The zero-order valence-electron chi connectivity index (χ0n) is 45.5. The fourth-order valence-corrected chi connectivity index (χ4v) is 9.55. The van der Waals surface area contributed by atoms with Crippen LogP contribution in [0.5, 0.6) is 0 Å². The first-order valence-corrected chi connectivity index (χ1v) is 30.6. The third-order valence-corrected chi connectivity index (χ3v) is 14.2. The Labute approximate surface area is 414 Å². The van der Waals surface area contributed by atoms with Gasteiger partial charge in [0.15, 0.2) is 0 Å². The molecule has 0 fully saturated rings. The Balaban J connectivity index is 4.17. The lowest BCUT2D eigenvalue weighted by atomic mass is 10.0. The summed E-state index contributed by atoms with van der Waals surface area (Å²) in [5.41, 5.74) is 0. The molecule has 0 aliphatic carbocycles. The molecule has 394 valence electrons. The van der Waals surface area contributed by atoms with Crippen LogP contribution in [0, 0.1) is 0 Å². The van der Waals surface area contributed by atoms with Gasteiger partial charge >= 0.3 is 11.9 Å². The number of unbranched alkanes of at least 4 members (excludes halogenated alkanes) is 47. The van der Waals surface area contributed by atoms with Gasteiger partial charge in [-0.15, -0.1) is 0 Å². The van der Waals surface area contributed by atoms with Crippen LogP contribution in [-0.4, -0.2) is 37.9 Å². The van der Waals surface area contributed by atoms with E-state index < -0.39 is 0 Å². The zero-order valence-corrected chi connectivity index (χ0v) is 45.5. The Bertz CT molecular complexity index is 867. The molecular formula is C61H120O5. The second-order valence-electron chi connectivity index (χ2n) is 21.0. The highest BCUT2D eigenvalue weighted by Gasteiger charge is 2.16. The summed E-state index contributed by atoms with van der Waals surface area (Å²) >= 11 is 0. The fourth-order valence-electron chi connectivity index (χ4n) is 9.55. The average Bonchev–Trinajstić information content (AvgIpc) is 3.32. The van der Waals surface area contributed by atoms with Crippen molar-refractivity contribution in [2.24, 2.45) is 0 Å². The van der Waals surface area contributed by atoms with Crippen LogP contribution in [0.2, 0.25) is 0 Å². The minimum absolute atomic E-state index is 0.151. The third-order valence-electron chi connectivity index (χ3n) is 14.2. The molecule has 0 aliphatic heterocycles. The molecule has 0 saturated carbocycles. The van der Waals surface area contributed by atoms with Crippen LogP contribution in [0.4, 0.5) is 0 Å². The average molecular weight is 934 g/mol. The number of ether oxygens (including phenoxy) is 3. The van der Waals surface area contributed by atoms with Gasteiger partial charge in [-0.2, -0.15) is 0 Å². The second-order valence-corrected chi connectivity index (χ2v) is 21.0. The Kier molecular flexibility index (Phi) is 57.2. The monoisotopic (exact) mass is 933 g/mol. The van der Waals surface area contributed by atoms with Crippen molar-refractivity contribution < 1.29 is 23.8 Å². The minimum atomic E-state index is -0.389. The number of esters is 2. The van der Waals surface area contributed by atoms with Crippen molar-refractivity contribution in [2.45, 2.75) is 361 Å². The molecule has 0 saturated heterocycles. The number of carbonyl (C=O) groups excluding carboxylic acids is 2. The lowest BCUT2D eigenvalue weighted by Crippen LogP contribution is -2.29. The number of rotatable bonds is 58. The summed E-state index contributed by atoms with van der Waals surface area (Å²) in [6.45, 7) is 7.83. The van der Waals surface area contributed by atoms with E-state index in [2.05, 4.69) is 20.8 Å². The van der Waals surface area contributed by atoms with E-state index in [1.807, 2.05) is 0 Å². The molecule has 0 N–H and O–H groups in total. The van der Waals surface area contributed by atoms with Crippen LogP contribution >= 0.6 is 0 Å². The predicted octanol–water partition coefficient (Wildman–Crippen LogP) is 20.8. The largest absolute Gasteiger partial charge is 0.463 e. The Morgan fingerprint density at radius 2 is 0.439 bits per heavy atom. The van der Waals surface area contributed by atoms with Gasteiger partial charge in [0, 0.05) is 19.4 Å². The Morgan fingerprint density at radius 3 is 0.652 bits per heavy atom. The maximum atomic E-state index is 12.7. The summed E-state index contributed by atoms with van der Waals surface area (Å²) in [5.74, 6) is -0.302. The minimum Gasteiger partial charge on any atom is -0.463 e. The first kappa shape index (κ1) is 64.9. The van der Waals surface area contributed by atoms with Crippen molar-refractivity contribution in [1.29, 1.82) is 0 Å². The van der Waals surface area contributed by atoms with Gasteiger partial charge in [0.25, 0.3) is 0 Å². The molecule has 0 radical (unpaired) electrons. The van der Waals surface area contributed by atoms with Crippen LogP contribution in [0.15, 0.2) is 0 Å². The molecule has 0 rings (SSSR count). The fraction of sp³-hybridized carbons (Fsp3) is 0.967. The van der Waals surface area contributed by atoms with E-state index in [-0.39, 0.29) is 31.3 Å². The first-order valence-electron chi connectivity index (χ1n) is 30.6. The van der Waals surface area contributed by atoms with E-state index in [0.717, 1.165) is 38.5 Å². The molecular weight excluding hydrogens is 813 g/mol. The van der Waals surface area contributed by atoms with E-state index in [0.29, 0.717) is 19.4 Å². The van der Waals surface area contributed by atoms with Gasteiger partial charge in [-0.3, -0.25) is 9.59 Å². The zero-order chi connectivity index (χ0) is 47.7. The van der Waals surface area contributed by atoms with Crippen LogP contribution in [-0.2, 0) is 23.8 Å². The van der Waals surface area contributed by atoms with Gasteiger partial charge in [-0.05, 0) is 19.3 Å². The smallest absolute Gasteiger partial charge is 0.305 e. The molecule has 66 heavy (non-hydrogen) atoms. The quantitative estimate of drug-likeness (QED) is 0.0449. The van der Waals surface area contributed by atoms with Gasteiger partial charge in [-0.25, -0.2) is 0 Å². The third kappa shape index (κ3) is 55.5. The number of hydrogen-bond acceptors (Lipinski definition) is 5. The number of hydrogen-bond donors (Lipinski definition) is 0. The normalized spacial score (nSPS) is 11.6. The molecule has 0 aliphatic rings. The van der Waals surface area contributed by atoms with Crippen molar-refractivity contribution in [2.75, 3.05) is 19.8 Å². The van der Waals surface area contributed by atoms with Crippen molar-refractivity contribution in [3.05, 3.63) is 0 Å². The Morgan fingerprint density at radius 1 is 0.258 bits per heavy atom. The van der Waals surface area contributed by atoms with E-state index in [4.69, 9.17) is 14.2 Å². The SMILES string of the molecule is CCCCCCCCCCCCCCCCCCCC(=O)OCC(COC(=O)CCCCCCCCCCCCCCCCCCC)OCCCCCCCCCCCCCCCCCC. The van der Waals surface area contributed by atoms with E-state index in [1.54, 1.807) is 0 Å². The maximum Gasteiger partial charge on any atom is 0.305 e. The molecule has 0 aromatic heterocycles. The molecule has 0 spiro atoms. The summed E-state index contributed by atoms with van der Waals surface area (Å²) in [7, 11) is 0. The molecule has 0 atom stereocenters. The van der Waals surface area contributed by atoms with E-state index in [1.165, 1.54) is 283 Å². The predicted molar refractivity (Wildman–Crippen MR) is 289 cm³/mol. The lowest BCUT2D eigenvalue weighted by Gasteiger charge is -2.18. The molecule has 0 amide bonds. The molecule has 0 aromatic rings. The maximum absolute atomic E-state index is 12.7. The summed E-state index contributed by atoms with van der Waals surface area (Å²) in [6.07, 6.45) is 67.2. The van der Waals surface area contributed by atoms with Crippen LogP contribution in [0.1, 0.15) is 355 Å². The molecule has 0 aromatic carbocycles. The molecule has 0 unspecified atom stereocenters. The molecule has 0 heterocycles. The molecule has 5 heteroatoms. The van der Waals surface area contributed by atoms with Crippen LogP contribution in [0.25, 0.3) is 0 Å². The van der Waals surface area contributed by atoms with Gasteiger partial charge in [0.05, 0.1) is 0 Å². The molecule has 5 nitrogen and oxygen atoms in total. The molecule has 0 bridgehead atoms. The van der Waals surface area contributed by atoms with Gasteiger partial charge in [0.2, 0.25) is 0 Å². The summed E-state index contributed by atoms with van der Waals surface area (Å²) < 4.78 is 17.6. The highest BCUT2D eigenvalue weighted by molar-refractivity contribution is 5.69. The summed E-state index contributed by atoms with van der Waals surface area (Å²) in [4.78, 5) is 25.4. The lowest BCUT2D eigenvalue weighted by molar-refractivity contribution is -0.155. The van der Waals surface area contributed by atoms with Gasteiger partial charge in [-0.1, -0.05) is 323 Å². The van der Waals surface area contributed by atoms with Gasteiger partial charge < -0.3 is 14.2 Å². The van der Waals surface area contributed by atoms with Crippen molar-refractivity contribution >= 4 is 11.9 Å². The van der Waals surface area contributed by atoms with Crippen molar-refractivity contribution in [1.82, 2.24) is 0 Å². The van der Waals surface area contributed by atoms with Crippen molar-refractivity contribution in [3.8, 4) is 0 Å². The second kappa shape index (κ2) is 58.2. The van der Waals surface area contributed by atoms with Crippen molar-refractivity contribution in [3.63, 3.8) is 0 Å². The summed E-state index contributed by atoms with van der Waals surface area (Å²) in [6, 6.07) is 0. The standard InChI is InChI=1S/C61H120O5/c1-4-7-10-13-16-19-22-25-28-31-33-36-39-42-45-48-51-54-60(62)65-57-59(64-56-53-50-47-44-41-38-35-30-27-24-21-18-15-12-9-6-3)58-66-61(63)55-52-49-46-43-40-37-34-32-29-26-23-20-17-14-11-8-5-2/h59H,4-58H2,1-3H3.